The fourth-order valence-electron chi connectivity index (χ4n) is 1.59. The second kappa shape index (κ2) is 8.67. The molecule has 21 heavy (non-hydrogen) atoms. The first kappa shape index (κ1) is 17.5. The van der Waals surface area contributed by atoms with Crippen LogP contribution in [0.25, 0.3) is 0 Å². The van der Waals surface area contributed by atoms with E-state index in [-0.39, 0.29) is 12.6 Å². The Morgan fingerprint density at radius 2 is 2.10 bits per heavy atom. The number of halogens is 2. The van der Waals surface area contributed by atoms with Gasteiger partial charge in [0.1, 0.15) is 0 Å². The molecule has 114 valence electrons. The molecule has 1 aromatic carbocycles. The molecule has 5 nitrogen and oxygen atoms in total. The predicted molar refractivity (Wildman–Crippen MR) is 84.6 cm³/mol. The Morgan fingerprint density at radius 3 is 2.71 bits per heavy atom. The van der Waals surface area contributed by atoms with Crippen LogP contribution >= 0.6 is 23.2 Å². The van der Waals surface area contributed by atoms with E-state index in [0.29, 0.717) is 16.6 Å². The molecule has 0 saturated heterocycles. The van der Waals surface area contributed by atoms with Gasteiger partial charge in [-0.25, -0.2) is 4.79 Å². The lowest BCUT2D eigenvalue weighted by Crippen LogP contribution is -2.43. The third-order valence-electron chi connectivity index (χ3n) is 2.66. The molecule has 1 aromatic rings. The molecule has 0 fully saturated rings. The summed E-state index contributed by atoms with van der Waals surface area (Å²) in [6, 6.07) is 4.44. The van der Waals surface area contributed by atoms with Crippen molar-refractivity contribution in [2.24, 2.45) is 0 Å². The van der Waals surface area contributed by atoms with Crippen LogP contribution in [0.5, 0.6) is 0 Å². The maximum Gasteiger partial charge on any atom is 0.321 e. The van der Waals surface area contributed by atoms with Crippen molar-refractivity contribution in [3.63, 3.8) is 0 Å². The van der Waals surface area contributed by atoms with Crippen LogP contribution in [0.4, 0.5) is 4.79 Å². The average molecular weight is 330 g/mol. The highest BCUT2D eigenvalue weighted by Gasteiger charge is 2.12. The van der Waals surface area contributed by atoms with Gasteiger partial charge in [-0.15, -0.1) is 6.58 Å². The van der Waals surface area contributed by atoms with E-state index in [1.165, 1.54) is 6.08 Å². The standard InChI is InChI=1S/C14H17Cl2N3O2/c1-3-6-17-14(21)19-13(20)8-18-9(2)11-5-4-10(15)7-12(11)16/h3-5,7,9,18H,1,6,8H2,2H3,(H2,17,19,20,21)/t9-/m0/s1. The predicted octanol–water partition coefficient (Wildman–Crippen LogP) is 2.66. The molecule has 3 N–H and O–H groups in total. The van der Waals surface area contributed by atoms with Crippen molar-refractivity contribution in [1.82, 2.24) is 16.0 Å². The summed E-state index contributed by atoms with van der Waals surface area (Å²) in [5, 5.41) is 8.69. The first-order chi connectivity index (χ1) is 9.93. The van der Waals surface area contributed by atoms with Crippen molar-refractivity contribution in [2.45, 2.75) is 13.0 Å². The zero-order valence-electron chi connectivity index (χ0n) is 11.6. The van der Waals surface area contributed by atoms with E-state index < -0.39 is 11.9 Å². The van der Waals surface area contributed by atoms with E-state index in [1.807, 2.05) is 6.92 Å². The third kappa shape index (κ3) is 6.16. The molecule has 0 aromatic heterocycles. The molecule has 3 amide bonds. The number of benzene rings is 1. The maximum absolute atomic E-state index is 11.6. The van der Waals surface area contributed by atoms with Gasteiger partial charge < -0.3 is 10.6 Å². The van der Waals surface area contributed by atoms with Crippen LogP contribution in [0.1, 0.15) is 18.5 Å². The maximum atomic E-state index is 11.6. The summed E-state index contributed by atoms with van der Waals surface area (Å²) in [4.78, 5) is 22.8. The minimum atomic E-state index is -0.557. The van der Waals surface area contributed by atoms with Gasteiger partial charge >= 0.3 is 6.03 Å². The minimum Gasteiger partial charge on any atom is -0.334 e. The molecular weight excluding hydrogens is 313 g/mol. The molecule has 0 heterocycles. The molecule has 1 atom stereocenters. The quantitative estimate of drug-likeness (QED) is 0.702. The van der Waals surface area contributed by atoms with Gasteiger partial charge in [-0.3, -0.25) is 10.1 Å². The highest BCUT2D eigenvalue weighted by Crippen LogP contribution is 2.25. The van der Waals surface area contributed by atoms with E-state index >= 15 is 0 Å². The fraction of sp³-hybridized carbons (Fsp3) is 0.286. The summed E-state index contributed by atoms with van der Waals surface area (Å²) in [6.07, 6.45) is 1.52. The zero-order valence-corrected chi connectivity index (χ0v) is 13.1. The normalized spacial score (nSPS) is 11.6. The van der Waals surface area contributed by atoms with E-state index in [2.05, 4.69) is 22.5 Å². The summed E-state index contributed by atoms with van der Waals surface area (Å²) < 4.78 is 0. The Bertz CT molecular complexity index is 535. The van der Waals surface area contributed by atoms with Crippen LogP contribution in [-0.4, -0.2) is 25.0 Å². The Labute approximate surface area is 133 Å². The summed E-state index contributed by atoms with van der Waals surface area (Å²) in [6.45, 7) is 5.60. The van der Waals surface area contributed by atoms with Crippen molar-refractivity contribution >= 4 is 35.1 Å². The number of rotatable bonds is 6. The van der Waals surface area contributed by atoms with Crippen LogP contribution in [0.15, 0.2) is 30.9 Å². The summed E-state index contributed by atoms with van der Waals surface area (Å²) in [5.41, 5.74) is 0.824. The van der Waals surface area contributed by atoms with Crippen molar-refractivity contribution in [1.29, 1.82) is 0 Å². The highest BCUT2D eigenvalue weighted by atomic mass is 35.5. The number of urea groups is 1. The number of imide groups is 1. The average Bonchev–Trinajstić information content (AvgIpc) is 2.42. The molecule has 0 spiro atoms. The van der Waals surface area contributed by atoms with Crippen LogP contribution < -0.4 is 16.0 Å². The first-order valence-corrected chi connectivity index (χ1v) is 7.06. The molecular formula is C14H17Cl2N3O2. The van der Waals surface area contributed by atoms with E-state index in [0.717, 1.165) is 5.56 Å². The van der Waals surface area contributed by atoms with Crippen molar-refractivity contribution in [3.05, 3.63) is 46.5 Å². The van der Waals surface area contributed by atoms with Crippen molar-refractivity contribution in [3.8, 4) is 0 Å². The lowest BCUT2D eigenvalue weighted by Gasteiger charge is -2.15. The minimum absolute atomic E-state index is 0.0123. The van der Waals surface area contributed by atoms with Gasteiger partial charge in [0.25, 0.3) is 0 Å². The topological polar surface area (TPSA) is 70.2 Å². The molecule has 0 unspecified atom stereocenters. The molecule has 0 radical (unpaired) electrons. The molecule has 0 bridgehead atoms. The smallest absolute Gasteiger partial charge is 0.321 e. The second-order valence-corrected chi connectivity index (χ2v) is 5.16. The molecule has 1 rings (SSSR count). The van der Waals surface area contributed by atoms with E-state index in [1.54, 1.807) is 18.2 Å². The number of carbonyl (C=O) groups is 2. The number of hydrogen-bond donors (Lipinski definition) is 3. The number of amides is 3. The summed E-state index contributed by atoms with van der Waals surface area (Å²) in [5.74, 6) is -0.437. The fourth-order valence-corrected chi connectivity index (χ4v) is 2.16. The van der Waals surface area contributed by atoms with Crippen LogP contribution in [0, 0.1) is 0 Å². The van der Waals surface area contributed by atoms with Gasteiger partial charge in [0, 0.05) is 22.6 Å². The number of nitrogens with one attached hydrogen (secondary N) is 3. The molecule has 0 aliphatic heterocycles. The van der Waals surface area contributed by atoms with Gasteiger partial charge in [-0.05, 0) is 24.6 Å². The first-order valence-electron chi connectivity index (χ1n) is 6.31. The summed E-state index contributed by atoms with van der Waals surface area (Å²) in [7, 11) is 0. The summed E-state index contributed by atoms with van der Waals surface area (Å²) >= 11 is 11.9. The van der Waals surface area contributed by atoms with Gasteiger partial charge in [-0.1, -0.05) is 35.3 Å². The molecule has 0 saturated carbocycles. The Morgan fingerprint density at radius 1 is 1.38 bits per heavy atom. The third-order valence-corrected chi connectivity index (χ3v) is 3.22. The van der Waals surface area contributed by atoms with Gasteiger partial charge in [0.2, 0.25) is 5.91 Å². The number of carbonyl (C=O) groups excluding carboxylic acids is 2. The van der Waals surface area contributed by atoms with Crippen LogP contribution in [0.3, 0.4) is 0 Å². The van der Waals surface area contributed by atoms with Crippen LogP contribution in [0.2, 0.25) is 10.0 Å². The van der Waals surface area contributed by atoms with Crippen molar-refractivity contribution < 1.29 is 9.59 Å². The lowest BCUT2D eigenvalue weighted by molar-refractivity contribution is -0.119. The zero-order chi connectivity index (χ0) is 15.8. The monoisotopic (exact) mass is 329 g/mol. The SMILES string of the molecule is C=CCNC(=O)NC(=O)CN[C@@H](C)c1ccc(Cl)cc1Cl. The highest BCUT2D eigenvalue weighted by molar-refractivity contribution is 6.35. The molecule has 0 aliphatic rings. The Kier molecular flexibility index (Phi) is 7.22. The lowest BCUT2D eigenvalue weighted by atomic mass is 10.1. The van der Waals surface area contributed by atoms with Gasteiger partial charge in [0.15, 0.2) is 0 Å². The Balaban J connectivity index is 2.45. The van der Waals surface area contributed by atoms with Gasteiger partial charge in [0.05, 0.1) is 6.54 Å². The van der Waals surface area contributed by atoms with E-state index in [9.17, 15) is 9.59 Å². The van der Waals surface area contributed by atoms with E-state index in [4.69, 9.17) is 23.2 Å². The van der Waals surface area contributed by atoms with Crippen molar-refractivity contribution in [2.75, 3.05) is 13.1 Å². The second-order valence-electron chi connectivity index (χ2n) is 4.32. The molecule has 0 aliphatic carbocycles. The molecule has 7 heteroatoms. The van der Waals surface area contributed by atoms with Crippen LogP contribution in [-0.2, 0) is 4.79 Å². The number of hydrogen-bond acceptors (Lipinski definition) is 3. The largest absolute Gasteiger partial charge is 0.334 e. The Hall–Kier alpha value is -1.56. The van der Waals surface area contributed by atoms with Gasteiger partial charge in [-0.2, -0.15) is 0 Å².